The first-order valence-corrected chi connectivity index (χ1v) is 11.4. The fourth-order valence-corrected chi connectivity index (χ4v) is 4.26. The molecule has 1 aliphatic rings. The Balaban J connectivity index is 0.00000338. The number of hydrogen-bond acceptors (Lipinski definition) is 6. The van der Waals surface area contributed by atoms with Gasteiger partial charge < -0.3 is 15.4 Å². The van der Waals surface area contributed by atoms with Crippen LogP contribution in [0.2, 0.25) is 0 Å². The molecule has 0 saturated carbocycles. The highest BCUT2D eigenvalue weighted by atomic mass is 127. The van der Waals surface area contributed by atoms with Crippen molar-refractivity contribution in [2.45, 2.75) is 12.5 Å². The van der Waals surface area contributed by atoms with Gasteiger partial charge in [-0.25, -0.2) is 8.42 Å². The molecule has 1 aromatic heterocycles. The molecule has 0 bridgehead atoms. The van der Waals surface area contributed by atoms with Crippen molar-refractivity contribution in [3.8, 4) is 0 Å². The standard InChI is InChI=1S/C16H28N4O3S2.HI/c1-17-16(18-6-4-12-25(2,21)22)19-13-14(15-5-3-11-24-15)20-7-9-23-10-8-20;/h3,5,11,14H,4,6-10,12-13H2,1-2H3,(H2,17,18,19);1H. The van der Waals surface area contributed by atoms with Crippen LogP contribution in [-0.2, 0) is 14.6 Å². The lowest BCUT2D eigenvalue weighted by Gasteiger charge is -2.34. The molecule has 7 nitrogen and oxygen atoms in total. The first-order chi connectivity index (χ1) is 12.0. The van der Waals surface area contributed by atoms with Gasteiger partial charge in [0.1, 0.15) is 9.84 Å². The van der Waals surface area contributed by atoms with Crippen LogP contribution in [0.25, 0.3) is 0 Å². The topological polar surface area (TPSA) is 83.0 Å². The molecule has 1 aliphatic heterocycles. The highest BCUT2D eigenvalue weighted by molar-refractivity contribution is 14.0. The highest BCUT2D eigenvalue weighted by Crippen LogP contribution is 2.25. The number of guanidine groups is 1. The molecule has 0 aromatic carbocycles. The highest BCUT2D eigenvalue weighted by Gasteiger charge is 2.23. The van der Waals surface area contributed by atoms with Crippen LogP contribution in [0, 0.1) is 0 Å². The van der Waals surface area contributed by atoms with Crippen molar-refractivity contribution in [1.82, 2.24) is 15.5 Å². The molecule has 0 radical (unpaired) electrons. The van der Waals surface area contributed by atoms with Gasteiger partial charge in [-0.15, -0.1) is 35.3 Å². The second kappa shape index (κ2) is 12.1. The van der Waals surface area contributed by atoms with Gasteiger partial charge in [-0.3, -0.25) is 9.89 Å². The quantitative estimate of drug-likeness (QED) is 0.235. The van der Waals surface area contributed by atoms with Crippen LogP contribution in [0.3, 0.4) is 0 Å². The SMILES string of the molecule is CN=C(NCCCS(C)(=O)=O)NCC(c1cccs1)N1CCOCC1.I. The molecule has 2 rings (SSSR count). The number of halogens is 1. The maximum absolute atomic E-state index is 11.2. The fourth-order valence-electron chi connectivity index (χ4n) is 2.73. The Bertz CT molecular complexity index is 632. The van der Waals surface area contributed by atoms with Gasteiger partial charge in [0.15, 0.2) is 5.96 Å². The van der Waals surface area contributed by atoms with E-state index in [0.717, 1.165) is 32.8 Å². The van der Waals surface area contributed by atoms with Gasteiger partial charge in [-0.05, 0) is 17.9 Å². The van der Waals surface area contributed by atoms with Crippen LogP contribution in [0.4, 0.5) is 0 Å². The zero-order valence-corrected chi connectivity index (χ0v) is 19.3. The number of rotatable bonds is 8. The minimum atomic E-state index is -2.92. The van der Waals surface area contributed by atoms with Crippen LogP contribution in [0.1, 0.15) is 17.3 Å². The summed E-state index contributed by atoms with van der Waals surface area (Å²) >= 11 is 1.76. The second-order valence-electron chi connectivity index (χ2n) is 6.04. The van der Waals surface area contributed by atoms with Gasteiger partial charge >= 0.3 is 0 Å². The lowest BCUT2D eigenvalue weighted by molar-refractivity contribution is 0.0177. The second-order valence-corrected chi connectivity index (χ2v) is 9.28. The molecule has 1 atom stereocenters. The maximum atomic E-state index is 11.2. The van der Waals surface area contributed by atoms with E-state index >= 15 is 0 Å². The van der Waals surface area contributed by atoms with Crippen LogP contribution in [0.5, 0.6) is 0 Å². The first kappa shape index (κ1) is 23.6. The van der Waals surface area contributed by atoms with Crippen LogP contribution in [0.15, 0.2) is 22.5 Å². The molecule has 2 N–H and O–H groups in total. The summed E-state index contributed by atoms with van der Waals surface area (Å²) in [4.78, 5) is 7.98. The molecule has 10 heteroatoms. The smallest absolute Gasteiger partial charge is 0.191 e. The Labute approximate surface area is 177 Å². The summed E-state index contributed by atoms with van der Waals surface area (Å²) in [5.41, 5.74) is 0. The van der Waals surface area contributed by atoms with E-state index in [-0.39, 0.29) is 35.8 Å². The van der Waals surface area contributed by atoms with E-state index in [1.54, 1.807) is 18.4 Å². The molecule has 1 fully saturated rings. The fraction of sp³-hybridized carbons (Fsp3) is 0.688. The Kier molecular flexibility index (Phi) is 11.0. The van der Waals surface area contributed by atoms with Gasteiger partial charge in [0, 0.05) is 44.4 Å². The van der Waals surface area contributed by atoms with E-state index < -0.39 is 9.84 Å². The number of thiophene rings is 1. The first-order valence-electron chi connectivity index (χ1n) is 8.47. The van der Waals surface area contributed by atoms with Crippen molar-refractivity contribution in [1.29, 1.82) is 0 Å². The summed E-state index contributed by atoms with van der Waals surface area (Å²) in [6.45, 7) is 4.69. The van der Waals surface area contributed by atoms with Crippen molar-refractivity contribution >= 4 is 51.1 Å². The molecule has 1 unspecified atom stereocenters. The number of sulfone groups is 1. The molecule has 2 heterocycles. The number of nitrogens with one attached hydrogen (secondary N) is 2. The zero-order valence-electron chi connectivity index (χ0n) is 15.3. The average molecular weight is 516 g/mol. The van der Waals surface area contributed by atoms with Crippen LogP contribution < -0.4 is 10.6 Å². The summed E-state index contributed by atoms with van der Waals surface area (Å²) in [6.07, 6.45) is 1.82. The molecule has 1 aromatic rings. The Hall–Kier alpha value is -0.430. The summed E-state index contributed by atoms with van der Waals surface area (Å²) in [7, 11) is -1.19. The lowest BCUT2D eigenvalue weighted by atomic mass is 10.2. The van der Waals surface area contributed by atoms with Crippen molar-refractivity contribution < 1.29 is 13.2 Å². The third-order valence-electron chi connectivity index (χ3n) is 4.03. The van der Waals surface area contributed by atoms with Gasteiger partial charge in [0.2, 0.25) is 0 Å². The maximum Gasteiger partial charge on any atom is 0.191 e. The molecule has 150 valence electrons. The molecular weight excluding hydrogens is 487 g/mol. The average Bonchev–Trinajstić information content (AvgIpc) is 3.11. The van der Waals surface area contributed by atoms with Crippen molar-refractivity contribution in [3.05, 3.63) is 22.4 Å². The van der Waals surface area contributed by atoms with Crippen LogP contribution >= 0.6 is 35.3 Å². The third-order valence-corrected chi connectivity index (χ3v) is 6.03. The summed E-state index contributed by atoms with van der Waals surface area (Å²) < 4.78 is 27.8. The lowest BCUT2D eigenvalue weighted by Crippen LogP contribution is -2.46. The Morgan fingerprint density at radius 2 is 2.12 bits per heavy atom. The minimum Gasteiger partial charge on any atom is -0.379 e. The normalized spacial score (nSPS) is 17.4. The molecule has 0 aliphatic carbocycles. The van der Waals surface area contributed by atoms with Gasteiger partial charge in [-0.2, -0.15) is 0 Å². The molecule has 0 spiro atoms. The van der Waals surface area contributed by atoms with E-state index in [1.807, 2.05) is 0 Å². The van der Waals surface area contributed by atoms with Crippen molar-refractivity contribution in [3.63, 3.8) is 0 Å². The summed E-state index contributed by atoms with van der Waals surface area (Å²) in [5.74, 6) is 0.881. The Morgan fingerprint density at radius 1 is 1.38 bits per heavy atom. The Morgan fingerprint density at radius 3 is 2.69 bits per heavy atom. The van der Waals surface area contributed by atoms with Crippen molar-refractivity contribution in [2.75, 3.05) is 58.4 Å². The number of nitrogens with zero attached hydrogens (tertiary/aromatic N) is 2. The van der Waals surface area contributed by atoms with Gasteiger partial charge in [-0.1, -0.05) is 6.07 Å². The number of ether oxygens (including phenoxy) is 1. The minimum absolute atomic E-state index is 0. The van der Waals surface area contributed by atoms with Crippen molar-refractivity contribution in [2.24, 2.45) is 4.99 Å². The summed E-state index contributed by atoms with van der Waals surface area (Å²) in [6, 6.07) is 4.51. The van der Waals surface area contributed by atoms with Gasteiger partial charge in [0.25, 0.3) is 0 Å². The largest absolute Gasteiger partial charge is 0.379 e. The number of hydrogen-bond donors (Lipinski definition) is 2. The van der Waals surface area contributed by atoms with E-state index in [0.29, 0.717) is 18.9 Å². The summed E-state index contributed by atoms with van der Waals surface area (Å²) in [5, 5.41) is 8.64. The third kappa shape index (κ3) is 8.51. The number of aliphatic imine (C=N–C) groups is 1. The number of morpholine rings is 1. The van der Waals surface area contributed by atoms with E-state index in [1.165, 1.54) is 11.1 Å². The predicted molar refractivity (Wildman–Crippen MR) is 119 cm³/mol. The zero-order chi connectivity index (χ0) is 18.1. The molecule has 0 amide bonds. The molecule has 26 heavy (non-hydrogen) atoms. The van der Waals surface area contributed by atoms with Gasteiger partial charge in [0.05, 0.1) is 25.0 Å². The monoisotopic (exact) mass is 516 g/mol. The predicted octanol–water partition coefficient (Wildman–Crippen LogP) is 1.34. The molecule has 1 saturated heterocycles. The van der Waals surface area contributed by atoms with Crippen LogP contribution in [-0.4, -0.2) is 77.7 Å². The van der Waals surface area contributed by atoms with E-state index in [2.05, 4.69) is 38.0 Å². The van der Waals surface area contributed by atoms with E-state index in [9.17, 15) is 8.42 Å². The van der Waals surface area contributed by atoms with E-state index in [4.69, 9.17) is 4.74 Å². The molecular formula is C16H29IN4O3S2.